The average Bonchev–Trinajstić information content (AvgIpc) is 3.15. The molecule has 140 valence electrons. The number of fused-ring (bicyclic) bond motifs is 1. The highest BCUT2D eigenvalue weighted by molar-refractivity contribution is 7.17. The molecule has 0 spiro atoms. The fourth-order valence-electron chi connectivity index (χ4n) is 2.76. The van der Waals surface area contributed by atoms with Gasteiger partial charge in [0.25, 0.3) is 5.91 Å². The van der Waals surface area contributed by atoms with Crippen molar-refractivity contribution in [2.24, 2.45) is 0 Å². The molecule has 0 bridgehead atoms. The van der Waals surface area contributed by atoms with E-state index in [1.165, 1.54) is 17.4 Å². The maximum Gasteiger partial charge on any atom is 0.252 e. The van der Waals surface area contributed by atoms with E-state index in [4.69, 9.17) is 5.73 Å². The summed E-state index contributed by atoms with van der Waals surface area (Å²) >= 11 is 1.34. The van der Waals surface area contributed by atoms with Crippen LogP contribution in [0.15, 0.2) is 52.9 Å². The molecule has 28 heavy (non-hydrogen) atoms. The summed E-state index contributed by atoms with van der Waals surface area (Å²) in [6.07, 6.45) is 3.90. The van der Waals surface area contributed by atoms with Gasteiger partial charge >= 0.3 is 0 Å². The van der Waals surface area contributed by atoms with Crippen LogP contribution in [-0.2, 0) is 6.42 Å². The number of rotatable bonds is 5. The standard InChI is InChI=1S/C19H16N6O2S/c20-16-15-12(18(27)22-8-6-11-4-5-14(26)23-9-11)10-28-19(15)25-17(24-16)13-3-1-2-7-21-13/h1-5,7,9-10H,6,8H2,(H,22,27)(H,23,26)(H2,20,24,25). The lowest BCUT2D eigenvalue weighted by atomic mass is 10.2. The van der Waals surface area contributed by atoms with Crippen molar-refractivity contribution < 1.29 is 4.79 Å². The van der Waals surface area contributed by atoms with Crippen molar-refractivity contribution in [2.75, 3.05) is 12.3 Å². The van der Waals surface area contributed by atoms with Crippen LogP contribution in [0.3, 0.4) is 0 Å². The number of pyridine rings is 2. The Hall–Kier alpha value is -3.59. The highest BCUT2D eigenvalue weighted by Crippen LogP contribution is 2.30. The molecular formula is C19H16N6O2S. The largest absolute Gasteiger partial charge is 0.383 e. The minimum absolute atomic E-state index is 0.155. The highest BCUT2D eigenvalue weighted by atomic mass is 32.1. The molecule has 0 fully saturated rings. The molecule has 0 aliphatic heterocycles. The van der Waals surface area contributed by atoms with Gasteiger partial charge < -0.3 is 16.0 Å². The Morgan fingerprint density at radius 2 is 2.11 bits per heavy atom. The average molecular weight is 392 g/mol. The quantitative estimate of drug-likeness (QED) is 0.477. The van der Waals surface area contributed by atoms with Crippen LogP contribution >= 0.6 is 11.3 Å². The molecule has 8 nitrogen and oxygen atoms in total. The van der Waals surface area contributed by atoms with Crippen molar-refractivity contribution in [3.63, 3.8) is 0 Å². The zero-order valence-corrected chi connectivity index (χ0v) is 15.5. The zero-order chi connectivity index (χ0) is 19.5. The number of aromatic nitrogens is 4. The molecule has 1 amide bonds. The Morgan fingerprint density at radius 3 is 2.86 bits per heavy atom. The van der Waals surface area contributed by atoms with Crippen LogP contribution in [-0.4, -0.2) is 32.4 Å². The van der Waals surface area contributed by atoms with Gasteiger partial charge in [-0.25, -0.2) is 9.97 Å². The van der Waals surface area contributed by atoms with Crippen LogP contribution in [0.2, 0.25) is 0 Å². The second kappa shape index (κ2) is 7.57. The normalized spacial score (nSPS) is 10.9. The van der Waals surface area contributed by atoms with Gasteiger partial charge in [-0.3, -0.25) is 14.6 Å². The van der Waals surface area contributed by atoms with Gasteiger partial charge in [0.05, 0.1) is 10.9 Å². The van der Waals surface area contributed by atoms with Gasteiger partial charge in [0.2, 0.25) is 5.56 Å². The fraction of sp³-hybridized carbons (Fsp3) is 0.105. The summed E-state index contributed by atoms with van der Waals surface area (Å²) in [5.74, 6) is 0.437. The van der Waals surface area contributed by atoms with E-state index in [0.717, 1.165) is 5.56 Å². The Morgan fingerprint density at radius 1 is 1.21 bits per heavy atom. The molecule has 0 aliphatic rings. The molecule has 4 heterocycles. The van der Waals surface area contributed by atoms with E-state index in [9.17, 15) is 9.59 Å². The van der Waals surface area contributed by atoms with Gasteiger partial charge in [-0.1, -0.05) is 12.1 Å². The van der Waals surface area contributed by atoms with E-state index in [-0.39, 0.29) is 17.3 Å². The van der Waals surface area contributed by atoms with Crippen molar-refractivity contribution >= 4 is 33.3 Å². The molecule has 4 rings (SSSR count). The number of nitrogens with two attached hydrogens (primary N) is 1. The summed E-state index contributed by atoms with van der Waals surface area (Å²) in [6.45, 7) is 0.426. The van der Waals surface area contributed by atoms with Gasteiger partial charge in [0.1, 0.15) is 16.3 Å². The van der Waals surface area contributed by atoms with Gasteiger partial charge in [0.15, 0.2) is 5.82 Å². The number of nitrogens with one attached hydrogen (secondary N) is 2. The van der Waals surface area contributed by atoms with Crippen LogP contribution in [0.1, 0.15) is 15.9 Å². The summed E-state index contributed by atoms with van der Waals surface area (Å²) in [5, 5.41) is 5.14. The van der Waals surface area contributed by atoms with Crippen molar-refractivity contribution in [2.45, 2.75) is 6.42 Å². The Labute approximate surface area is 163 Å². The summed E-state index contributed by atoms with van der Waals surface area (Å²) in [5.41, 5.74) is 7.97. The topological polar surface area (TPSA) is 127 Å². The van der Waals surface area contributed by atoms with E-state index in [1.807, 2.05) is 12.1 Å². The minimum Gasteiger partial charge on any atom is -0.383 e. The number of anilines is 1. The molecule has 0 aromatic carbocycles. The first-order valence-electron chi connectivity index (χ1n) is 8.54. The number of H-pyrrole nitrogens is 1. The molecule has 0 saturated heterocycles. The summed E-state index contributed by atoms with van der Waals surface area (Å²) in [4.78, 5) is 40.0. The number of hydrogen-bond acceptors (Lipinski definition) is 7. The molecule has 9 heteroatoms. The molecule has 0 radical (unpaired) electrons. The van der Waals surface area contributed by atoms with E-state index in [2.05, 4.69) is 25.3 Å². The number of hydrogen-bond donors (Lipinski definition) is 3. The van der Waals surface area contributed by atoms with Crippen molar-refractivity contribution in [1.82, 2.24) is 25.3 Å². The molecule has 4 N–H and O–H groups in total. The Balaban J connectivity index is 1.53. The van der Waals surface area contributed by atoms with E-state index in [1.54, 1.807) is 29.9 Å². The fourth-order valence-corrected chi connectivity index (χ4v) is 3.69. The SMILES string of the molecule is Nc1nc(-c2ccccn2)nc2scc(C(=O)NCCc3ccc(=O)[nH]c3)c12. The first kappa shape index (κ1) is 17.8. The first-order valence-corrected chi connectivity index (χ1v) is 9.42. The maximum absolute atomic E-state index is 12.6. The van der Waals surface area contributed by atoms with E-state index < -0.39 is 0 Å². The molecular weight excluding hydrogens is 376 g/mol. The molecule has 0 saturated carbocycles. The molecule has 0 atom stereocenters. The Kier molecular flexibility index (Phi) is 4.81. The summed E-state index contributed by atoms with van der Waals surface area (Å²) in [7, 11) is 0. The molecule has 0 aliphatic carbocycles. The van der Waals surface area contributed by atoms with Gasteiger partial charge in [-0.05, 0) is 24.1 Å². The van der Waals surface area contributed by atoms with Crippen molar-refractivity contribution in [1.29, 1.82) is 0 Å². The van der Waals surface area contributed by atoms with Crippen molar-refractivity contribution in [3.8, 4) is 11.5 Å². The number of nitrogen functional groups attached to an aromatic ring is 1. The lowest BCUT2D eigenvalue weighted by molar-refractivity contribution is 0.0956. The summed E-state index contributed by atoms with van der Waals surface area (Å²) < 4.78 is 0. The third kappa shape index (κ3) is 3.60. The molecule has 0 unspecified atom stereocenters. The van der Waals surface area contributed by atoms with Crippen LogP contribution < -0.4 is 16.6 Å². The lowest BCUT2D eigenvalue weighted by Crippen LogP contribution is -2.25. The first-order chi connectivity index (χ1) is 13.6. The van der Waals surface area contributed by atoms with E-state index >= 15 is 0 Å². The number of aromatic amines is 1. The van der Waals surface area contributed by atoms with Crippen LogP contribution in [0, 0.1) is 0 Å². The smallest absolute Gasteiger partial charge is 0.252 e. The van der Waals surface area contributed by atoms with Gasteiger partial charge in [-0.15, -0.1) is 11.3 Å². The number of carbonyl (C=O) groups excluding carboxylic acids is 1. The second-order valence-corrected chi connectivity index (χ2v) is 6.90. The van der Waals surface area contributed by atoms with Gasteiger partial charge in [-0.2, -0.15) is 0 Å². The lowest BCUT2D eigenvalue weighted by Gasteiger charge is -2.06. The zero-order valence-electron chi connectivity index (χ0n) is 14.7. The van der Waals surface area contributed by atoms with Crippen LogP contribution in [0.4, 0.5) is 5.82 Å². The van der Waals surface area contributed by atoms with Crippen LogP contribution in [0.5, 0.6) is 0 Å². The molecule has 4 aromatic rings. The number of carbonyl (C=O) groups is 1. The Bertz CT molecular complexity index is 1180. The predicted octanol–water partition coefficient (Wildman–Crippen LogP) is 2.00. The van der Waals surface area contributed by atoms with E-state index in [0.29, 0.717) is 40.3 Å². The number of thiophene rings is 1. The number of nitrogens with zero attached hydrogens (tertiary/aromatic N) is 3. The number of amides is 1. The molecule has 4 aromatic heterocycles. The van der Waals surface area contributed by atoms with Crippen LogP contribution in [0.25, 0.3) is 21.7 Å². The third-order valence-electron chi connectivity index (χ3n) is 4.15. The maximum atomic E-state index is 12.6. The van der Waals surface area contributed by atoms with Gasteiger partial charge in [0, 0.05) is 30.4 Å². The predicted molar refractivity (Wildman–Crippen MR) is 108 cm³/mol. The van der Waals surface area contributed by atoms with Crippen molar-refractivity contribution in [3.05, 3.63) is 69.6 Å². The minimum atomic E-state index is -0.239. The monoisotopic (exact) mass is 392 g/mol. The highest BCUT2D eigenvalue weighted by Gasteiger charge is 2.18. The third-order valence-corrected chi connectivity index (χ3v) is 5.02. The second-order valence-electron chi connectivity index (χ2n) is 6.04. The summed E-state index contributed by atoms with van der Waals surface area (Å²) in [6, 6.07) is 8.66.